The first-order valence-electron chi connectivity index (χ1n) is 6.96. The lowest BCUT2D eigenvalue weighted by molar-refractivity contribution is 0.140. The Kier molecular flexibility index (Phi) is 5.77. The summed E-state index contributed by atoms with van der Waals surface area (Å²) in [6.07, 6.45) is 8.45. The predicted molar refractivity (Wildman–Crippen MR) is 69.6 cm³/mol. The molecule has 1 aliphatic carbocycles. The maximum Gasteiger partial charge on any atom is 0.0693 e. The smallest absolute Gasteiger partial charge is 0.0693 e. The van der Waals surface area contributed by atoms with Gasteiger partial charge in [-0.25, -0.2) is 0 Å². The largest absolute Gasteiger partial charge is 0.392 e. The Bertz CT molecular complexity index is 191. The van der Waals surface area contributed by atoms with Crippen molar-refractivity contribution in [2.24, 2.45) is 5.41 Å². The van der Waals surface area contributed by atoms with Crippen LogP contribution in [0.4, 0.5) is 0 Å². The second-order valence-corrected chi connectivity index (χ2v) is 6.11. The van der Waals surface area contributed by atoms with Gasteiger partial charge in [-0.1, -0.05) is 40.0 Å². The summed E-state index contributed by atoms with van der Waals surface area (Å²) in [6, 6.07) is 0.352. The third-order valence-electron chi connectivity index (χ3n) is 3.78. The van der Waals surface area contributed by atoms with E-state index in [2.05, 4.69) is 26.1 Å². The first-order valence-corrected chi connectivity index (χ1v) is 6.96. The summed E-state index contributed by atoms with van der Waals surface area (Å²) in [5.74, 6) is 0. The highest BCUT2D eigenvalue weighted by atomic mass is 16.3. The van der Waals surface area contributed by atoms with Gasteiger partial charge < -0.3 is 10.4 Å². The van der Waals surface area contributed by atoms with Crippen LogP contribution < -0.4 is 5.32 Å². The fourth-order valence-corrected chi connectivity index (χ4v) is 2.53. The van der Waals surface area contributed by atoms with Crippen molar-refractivity contribution < 1.29 is 5.11 Å². The summed E-state index contributed by atoms with van der Waals surface area (Å²) in [6.45, 7) is 7.95. The molecule has 2 nitrogen and oxygen atoms in total. The molecule has 96 valence electrons. The summed E-state index contributed by atoms with van der Waals surface area (Å²) < 4.78 is 0. The molecule has 0 saturated heterocycles. The molecule has 0 amide bonds. The van der Waals surface area contributed by atoms with E-state index in [1.165, 1.54) is 32.1 Å². The monoisotopic (exact) mass is 227 g/mol. The zero-order valence-corrected chi connectivity index (χ0v) is 11.3. The molecule has 0 aromatic carbocycles. The van der Waals surface area contributed by atoms with Crippen LogP contribution in [0, 0.1) is 5.41 Å². The number of hydrogen-bond acceptors (Lipinski definition) is 2. The Labute approximate surface area is 101 Å². The van der Waals surface area contributed by atoms with Crippen molar-refractivity contribution in [2.75, 3.05) is 6.54 Å². The van der Waals surface area contributed by atoms with Crippen LogP contribution in [0.15, 0.2) is 0 Å². The Morgan fingerprint density at radius 3 is 2.56 bits per heavy atom. The van der Waals surface area contributed by atoms with Crippen LogP contribution in [0.5, 0.6) is 0 Å². The minimum atomic E-state index is -0.105. The van der Waals surface area contributed by atoms with Gasteiger partial charge in [0.1, 0.15) is 0 Å². The van der Waals surface area contributed by atoms with Crippen LogP contribution in [-0.2, 0) is 0 Å². The van der Waals surface area contributed by atoms with E-state index in [0.29, 0.717) is 11.5 Å². The van der Waals surface area contributed by atoms with Crippen molar-refractivity contribution in [2.45, 2.75) is 77.9 Å². The summed E-state index contributed by atoms with van der Waals surface area (Å²) in [7, 11) is 0. The second-order valence-electron chi connectivity index (χ2n) is 6.11. The summed E-state index contributed by atoms with van der Waals surface area (Å²) >= 11 is 0. The highest BCUT2D eigenvalue weighted by Gasteiger charge is 2.26. The van der Waals surface area contributed by atoms with Gasteiger partial charge in [-0.05, 0) is 31.1 Å². The molecule has 1 rings (SSSR count). The van der Waals surface area contributed by atoms with Gasteiger partial charge in [-0.15, -0.1) is 0 Å². The van der Waals surface area contributed by atoms with Gasteiger partial charge in [0, 0.05) is 12.6 Å². The lowest BCUT2D eigenvalue weighted by atomic mass is 9.86. The molecule has 0 heterocycles. The second kappa shape index (κ2) is 6.61. The standard InChI is InChI=1S/C14H29NO/c1-4-5-6-10-14(2,3)11-15-12-8-7-9-13(12)16/h12-13,15-16H,4-11H2,1-3H3/t12-,13-/m0/s1. The number of unbranched alkanes of at least 4 members (excludes halogenated alkanes) is 2. The maximum atomic E-state index is 9.74. The maximum absolute atomic E-state index is 9.74. The van der Waals surface area contributed by atoms with Crippen molar-refractivity contribution in [1.29, 1.82) is 0 Å². The molecular formula is C14H29NO. The number of hydrogen-bond donors (Lipinski definition) is 2. The van der Waals surface area contributed by atoms with E-state index in [9.17, 15) is 5.11 Å². The zero-order valence-electron chi connectivity index (χ0n) is 11.3. The average Bonchev–Trinajstić information content (AvgIpc) is 2.62. The molecule has 2 atom stereocenters. The lowest BCUT2D eigenvalue weighted by Crippen LogP contribution is -2.41. The normalized spacial score (nSPS) is 26.2. The SMILES string of the molecule is CCCCCC(C)(C)CN[C@H]1CCC[C@@H]1O. The Hall–Kier alpha value is -0.0800. The molecule has 1 fully saturated rings. The molecule has 1 aliphatic rings. The Morgan fingerprint density at radius 2 is 2.00 bits per heavy atom. The van der Waals surface area contributed by atoms with Gasteiger partial charge >= 0.3 is 0 Å². The van der Waals surface area contributed by atoms with E-state index in [0.717, 1.165) is 19.4 Å². The molecule has 2 heteroatoms. The van der Waals surface area contributed by atoms with Crippen LogP contribution in [-0.4, -0.2) is 23.8 Å². The lowest BCUT2D eigenvalue weighted by Gasteiger charge is -2.28. The van der Waals surface area contributed by atoms with E-state index in [4.69, 9.17) is 0 Å². The molecule has 16 heavy (non-hydrogen) atoms. The van der Waals surface area contributed by atoms with Gasteiger partial charge in [0.15, 0.2) is 0 Å². The Balaban J connectivity index is 2.18. The van der Waals surface area contributed by atoms with Crippen LogP contribution in [0.25, 0.3) is 0 Å². The molecule has 0 unspecified atom stereocenters. The topological polar surface area (TPSA) is 32.3 Å². The fraction of sp³-hybridized carbons (Fsp3) is 1.00. The highest BCUT2D eigenvalue weighted by molar-refractivity contribution is 4.84. The molecule has 1 saturated carbocycles. The van der Waals surface area contributed by atoms with Gasteiger partial charge in [-0.2, -0.15) is 0 Å². The third-order valence-corrected chi connectivity index (χ3v) is 3.78. The van der Waals surface area contributed by atoms with Crippen LogP contribution >= 0.6 is 0 Å². The van der Waals surface area contributed by atoms with Gasteiger partial charge in [-0.3, -0.25) is 0 Å². The number of nitrogens with one attached hydrogen (secondary N) is 1. The number of rotatable bonds is 7. The number of aliphatic hydroxyl groups excluding tert-OH is 1. The van der Waals surface area contributed by atoms with Crippen molar-refractivity contribution in [3.8, 4) is 0 Å². The number of aliphatic hydroxyl groups is 1. The van der Waals surface area contributed by atoms with E-state index >= 15 is 0 Å². The highest BCUT2D eigenvalue weighted by Crippen LogP contribution is 2.25. The zero-order chi connectivity index (χ0) is 12.0. The van der Waals surface area contributed by atoms with Gasteiger partial charge in [0.2, 0.25) is 0 Å². The van der Waals surface area contributed by atoms with Gasteiger partial charge in [0.05, 0.1) is 6.10 Å². The first kappa shape index (κ1) is 14.0. The molecule has 0 spiro atoms. The molecular weight excluding hydrogens is 198 g/mol. The molecule has 2 N–H and O–H groups in total. The van der Waals surface area contributed by atoms with E-state index in [1.54, 1.807) is 0 Å². The van der Waals surface area contributed by atoms with Crippen LogP contribution in [0.3, 0.4) is 0 Å². The van der Waals surface area contributed by atoms with Gasteiger partial charge in [0.25, 0.3) is 0 Å². The van der Waals surface area contributed by atoms with Crippen molar-refractivity contribution >= 4 is 0 Å². The van der Waals surface area contributed by atoms with Crippen molar-refractivity contribution in [3.05, 3.63) is 0 Å². The van der Waals surface area contributed by atoms with Crippen LogP contribution in [0.2, 0.25) is 0 Å². The summed E-state index contributed by atoms with van der Waals surface area (Å²) in [5, 5.41) is 13.3. The van der Waals surface area contributed by atoms with Crippen LogP contribution in [0.1, 0.15) is 65.7 Å². The quantitative estimate of drug-likeness (QED) is 0.655. The first-order chi connectivity index (χ1) is 7.55. The molecule has 0 aromatic heterocycles. The van der Waals surface area contributed by atoms with E-state index < -0.39 is 0 Å². The predicted octanol–water partition coefficient (Wildman–Crippen LogP) is 3.10. The molecule has 0 aromatic rings. The van der Waals surface area contributed by atoms with Crippen molar-refractivity contribution in [1.82, 2.24) is 5.32 Å². The van der Waals surface area contributed by atoms with E-state index in [1.807, 2.05) is 0 Å². The fourth-order valence-electron chi connectivity index (χ4n) is 2.53. The Morgan fingerprint density at radius 1 is 1.25 bits per heavy atom. The third kappa shape index (κ3) is 4.84. The molecule has 0 bridgehead atoms. The summed E-state index contributed by atoms with van der Waals surface area (Å²) in [5.41, 5.74) is 0.373. The average molecular weight is 227 g/mol. The van der Waals surface area contributed by atoms with E-state index in [-0.39, 0.29) is 6.10 Å². The minimum Gasteiger partial charge on any atom is -0.392 e. The minimum absolute atomic E-state index is 0.105. The molecule has 0 radical (unpaired) electrons. The molecule has 0 aliphatic heterocycles. The van der Waals surface area contributed by atoms with Crippen molar-refractivity contribution in [3.63, 3.8) is 0 Å². The summed E-state index contributed by atoms with van der Waals surface area (Å²) in [4.78, 5) is 0.